The zero-order chi connectivity index (χ0) is 19.8. The first-order valence-corrected chi connectivity index (χ1v) is 9.82. The number of benzene rings is 1. The molecule has 0 bridgehead atoms. The van der Waals surface area contributed by atoms with Crippen LogP contribution in [0.1, 0.15) is 40.7 Å². The van der Waals surface area contributed by atoms with Crippen LogP contribution in [0.5, 0.6) is 0 Å². The Labute approximate surface area is 163 Å². The topological polar surface area (TPSA) is 116 Å². The van der Waals surface area contributed by atoms with Crippen molar-refractivity contribution in [3.8, 4) is 0 Å². The standard InChI is InChI=1S/C20H26N4O4/c21-16-10-23(7-6-13(16)11-25)8-12-2-1-3-14-15(12)9-24(20(14)28)17-4-5-18(26)22-19(17)27/h1-3,13,16-17,25H,4-11,21H2,(H,22,26,27)/t13-,16+,17?/m0/s1. The highest BCUT2D eigenvalue weighted by molar-refractivity contribution is 6.05. The van der Waals surface area contributed by atoms with Crippen LogP contribution in [0.3, 0.4) is 0 Å². The van der Waals surface area contributed by atoms with Crippen LogP contribution in [-0.2, 0) is 22.7 Å². The Hall–Kier alpha value is -2.29. The number of imide groups is 1. The summed E-state index contributed by atoms with van der Waals surface area (Å²) in [5, 5.41) is 11.7. The molecule has 8 heteroatoms. The minimum Gasteiger partial charge on any atom is -0.396 e. The number of nitrogens with zero attached hydrogens (tertiary/aromatic N) is 2. The van der Waals surface area contributed by atoms with E-state index >= 15 is 0 Å². The highest BCUT2D eigenvalue weighted by Gasteiger charge is 2.40. The molecule has 3 heterocycles. The molecule has 28 heavy (non-hydrogen) atoms. The van der Waals surface area contributed by atoms with Crippen LogP contribution in [0.2, 0.25) is 0 Å². The quantitative estimate of drug-likeness (QED) is 0.606. The van der Waals surface area contributed by atoms with E-state index < -0.39 is 11.9 Å². The van der Waals surface area contributed by atoms with E-state index in [-0.39, 0.29) is 36.8 Å². The molecule has 3 aliphatic rings. The van der Waals surface area contributed by atoms with Crippen LogP contribution in [0.4, 0.5) is 0 Å². The maximum absolute atomic E-state index is 12.9. The summed E-state index contributed by atoms with van der Waals surface area (Å²) in [5.74, 6) is -0.686. The van der Waals surface area contributed by atoms with E-state index in [0.717, 1.165) is 24.1 Å². The van der Waals surface area contributed by atoms with E-state index in [1.54, 1.807) is 11.0 Å². The van der Waals surface area contributed by atoms with Gasteiger partial charge in [0.2, 0.25) is 11.8 Å². The third-order valence-corrected chi connectivity index (χ3v) is 6.20. The lowest BCUT2D eigenvalue weighted by atomic mass is 9.92. The van der Waals surface area contributed by atoms with Crippen molar-refractivity contribution in [3.63, 3.8) is 0 Å². The average molecular weight is 386 g/mol. The Morgan fingerprint density at radius 1 is 1.21 bits per heavy atom. The molecule has 0 aromatic heterocycles. The molecule has 150 valence electrons. The number of amides is 3. The number of aliphatic hydroxyl groups is 1. The summed E-state index contributed by atoms with van der Waals surface area (Å²) in [5.41, 5.74) is 8.83. The fourth-order valence-electron chi connectivity index (χ4n) is 4.51. The van der Waals surface area contributed by atoms with Gasteiger partial charge < -0.3 is 15.7 Å². The summed E-state index contributed by atoms with van der Waals surface area (Å²) in [6, 6.07) is 5.04. The molecule has 1 aromatic carbocycles. The van der Waals surface area contributed by atoms with Gasteiger partial charge in [0.15, 0.2) is 0 Å². The molecule has 1 aromatic rings. The van der Waals surface area contributed by atoms with Crippen molar-refractivity contribution in [2.45, 2.75) is 44.4 Å². The van der Waals surface area contributed by atoms with Gasteiger partial charge in [0.1, 0.15) is 6.04 Å². The van der Waals surface area contributed by atoms with E-state index in [2.05, 4.69) is 10.2 Å². The van der Waals surface area contributed by atoms with Crippen LogP contribution in [0.15, 0.2) is 18.2 Å². The molecular formula is C20H26N4O4. The predicted octanol–water partition coefficient (Wildman–Crippen LogP) is -0.411. The van der Waals surface area contributed by atoms with Crippen molar-refractivity contribution in [1.82, 2.24) is 15.1 Å². The molecular weight excluding hydrogens is 360 g/mol. The molecule has 8 nitrogen and oxygen atoms in total. The highest BCUT2D eigenvalue weighted by Crippen LogP contribution is 2.31. The molecule has 2 fully saturated rings. The van der Waals surface area contributed by atoms with Crippen molar-refractivity contribution in [2.75, 3.05) is 19.7 Å². The van der Waals surface area contributed by atoms with Crippen molar-refractivity contribution in [1.29, 1.82) is 0 Å². The number of hydrogen-bond acceptors (Lipinski definition) is 6. The predicted molar refractivity (Wildman–Crippen MR) is 101 cm³/mol. The van der Waals surface area contributed by atoms with Crippen molar-refractivity contribution in [2.24, 2.45) is 11.7 Å². The molecule has 3 atom stereocenters. The molecule has 4 rings (SSSR count). The van der Waals surface area contributed by atoms with Crippen molar-refractivity contribution in [3.05, 3.63) is 34.9 Å². The zero-order valence-electron chi connectivity index (χ0n) is 15.8. The van der Waals surface area contributed by atoms with Gasteiger partial charge in [0.25, 0.3) is 5.91 Å². The summed E-state index contributed by atoms with van der Waals surface area (Å²) in [7, 11) is 0. The average Bonchev–Trinajstić information content (AvgIpc) is 3.00. The van der Waals surface area contributed by atoms with Gasteiger partial charge in [-0.05, 0) is 42.5 Å². The molecule has 0 aliphatic carbocycles. The third kappa shape index (κ3) is 3.43. The summed E-state index contributed by atoms with van der Waals surface area (Å²) in [6.45, 7) is 2.75. The molecule has 2 saturated heterocycles. The highest BCUT2D eigenvalue weighted by atomic mass is 16.3. The minimum atomic E-state index is -0.598. The van der Waals surface area contributed by atoms with E-state index in [1.807, 2.05) is 12.1 Å². The minimum absolute atomic E-state index is 0.0582. The summed E-state index contributed by atoms with van der Waals surface area (Å²) < 4.78 is 0. The normalized spacial score (nSPS) is 28.4. The van der Waals surface area contributed by atoms with Crippen LogP contribution < -0.4 is 11.1 Å². The Morgan fingerprint density at radius 2 is 2.04 bits per heavy atom. The van der Waals surface area contributed by atoms with Crippen molar-refractivity contribution < 1.29 is 19.5 Å². The number of carbonyl (C=O) groups excluding carboxylic acids is 3. The Bertz CT molecular complexity index is 811. The van der Waals surface area contributed by atoms with Crippen molar-refractivity contribution >= 4 is 17.7 Å². The molecule has 3 aliphatic heterocycles. The lowest BCUT2D eigenvalue weighted by molar-refractivity contribution is -0.136. The number of likely N-dealkylation sites (tertiary alicyclic amines) is 1. The molecule has 0 spiro atoms. The number of fused-ring (bicyclic) bond motifs is 1. The smallest absolute Gasteiger partial charge is 0.255 e. The summed E-state index contributed by atoms with van der Waals surface area (Å²) >= 11 is 0. The zero-order valence-corrected chi connectivity index (χ0v) is 15.8. The number of carbonyl (C=O) groups is 3. The van der Waals surface area contributed by atoms with Gasteiger partial charge in [-0.15, -0.1) is 0 Å². The number of aliphatic hydroxyl groups excluding tert-OH is 1. The van der Waals surface area contributed by atoms with E-state index in [4.69, 9.17) is 5.73 Å². The van der Waals surface area contributed by atoms with Gasteiger partial charge in [-0.3, -0.25) is 24.6 Å². The number of piperidine rings is 2. The SMILES string of the molecule is N[C@@H]1CN(Cc2cccc3c2CN(C2CCC(=O)NC2=O)C3=O)CC[C@H]1CO. The second kappa shape index (κ2) is 7.62. The second-order valence-electron chi connectivity index (χ2n) is 7.97. The molecule has 4 N–H and O–H groups in total. The van der Waals surface area contributed by atoms with Gasteiger partial charge >= 0.3 is 0 Å². The second-order valence-corrected chi connectivity index (χ2v) is 7.97. The molecule has 1 unspecified atom stereocenters. The maximum atomic E-state index is 12.9. The number of nitrogens with two attached hydrogens (primary N) is 1. The molecule has 3 amide bonds. The lowest BCUT2D eigenvalue weighted by Gasteiger charge is -2.36. The number of nitrogens with one attached hydrogen (secondary N) is 1. The van der Waals surface area contributed by atoms with Gasteiger partial charge in [0.05, 0.1) is 0 Å². The Balaban J connectivity index is 1.50. The first kappa shape index (κ1) is 19.0. The van der Waals surface area contributed by atoms with Crippen LogP contribution in [-0.4, -0.2) is 64.4 Å². The Kier molecular flexibility index (Phi) is 5.18. The van der Waals surface area contributed by atoms with E-state index in [9.17, 15) is 19.5 Å². The van der Waals surface area contributed by atoms with Gasteiger partial charge in [0, 0.05) is 44.3 Å². The van der Waals surface area contributed by atoms with Gasteiger partial charge in [-0.25, -0.2) is 0 Å². The summed E-state index contributed by atoms with van der Waals surface area (Å²) in [6.07, 6.45) is 1.47. The number of hydrogen-bond donors (Lipinski definition) is 3. The van der Waals surface area contributed by atoms with Gasteiger partial charge in [-0.2, -0.15) is 0 Å². The summed E-state index contributed by atoms with van der Waals surface area (Å²) in [4.78, 5) is 40.4. The molecule has 0 saturated carbocycles. The monoisotopic (exact) mass is 386 g/mol. The third-order valence-electron chi connectivity index (χ3n) is 6.20. The van der Waals surface area contributed by atoms with Gasteiger partial charge in [-0.1, -0.05) is 12.1 Å². The number of rotatable bonds is 4. The van der Waals surface area contributed by atoms with Crippen LogP contribution >= 0.6 is 0 Å². The molecule has 0 radical (unpaired) electrons. The fraction of sp³-hybridized carbons (Fsp3) is 0.550. The lowest BCUT2D eigenvalue weighted by Crippen LogP contribution is -2.52. The van der Waals surface area contributed by atoms with E-state index in [0.29, 0.717) is 31.6 Å². The van der Waals surface area contributed by atoms with E-state index in [1.165, 1.54) is 0 Å². The largest absolute Gasteiger partial charge is 0.396 e. The Morgan fingerprint density at radius 3 is 2.75 bits per heavy atom. The first-order chi connectivity index (χ1) is 13.5. The maximum Gasteiger partial charge on any atom is 0.255 e. The fourth-order valence-corrected chi connectivity index (χ4v) is 4.51. The van der Waals surface area contributed by atoms with Crippen LogP contribution in [0.25, 0.3) is 0 Å². The van der Waals surface area contributed by atoms with Crippen LogP contribution in [0, 0.1) is 5.92 Å². The first-order valence-electron chi connectivity index (χ1n) is 9.82.